The molecule has 2 rings (SSSR count). The van der Waals surface area contributed by atoms with E-state index in [9.17, 15) is 4.79 Å². The van der Waals surface area contributed by atoms with Crippen LogP contribution in [0.25, 0.3) is 0 Å². The molecule has 3 nitrogen and oxygen atoms in total. The number of carboxylic acid groups (broad SMARTS) is 1. The molecule has 0 radical (unpaired) electrons. The molecule has 0 aliphatic carbocycles. The summed E-state index contributed by atoms with van der Waals surface area (Å²) in [4.78, 5) is 14.6. The molecule has 14 heavy (non-hydrogen) atoms. The average Bonchev–Trinajstić information content (AvgIpc) is 2.46. The Labute approximate surface area is 100 Å². The first-order valence-electron chi connectivity index (χ1n) is 4.20. The van der Waals surface area contributed by atoms with E-state index in [4.69, 9.17) is 5.11 Å². The van der Waals surface area contributed by atoms with Crippen molar-refractivity contribution in [2.75, 3.05) is 13.6 Å². The summed E-state index contributed by atoms with van der Waals surface area (Å²) in [5.74, 6) is -0.804. The second-order valence-electron chi connectivity index (χ2n) is 3.35. The van der Waals surface area contributed by atoms with Crippen molar-refractivity contribution in [1.29, 1.82) is 0 Å². The first kappa shape index (κ1) is 11.8. The summed E-state index contributed by atoms with van der Waals surface area (Å²) in [6.07, 6.45) is 0.982. The maximum atomic E-state index is 10.7. The van der Waals surface area contributed by atoms with Crippen LogP contribution in [0.1, 0.15) is 21.5 Å². The van der Waals surface area contributed by atoms with E-state index in [1.54, 1.807) is 0 Å². The zero-order valence-corrected chi connectivity index (χ0v) is 9.23. The molecule has 0 fully saturated rings. The Morgan fingerprint density at radius 1 is 1.71 bits per heavy atom. The number of hydrogen-bond donors (Lipinski definition) is 1. The van der Waals surface area contributed by atoms with Crippen molar-refractivity contribution in [1.82, 2.24) is 4.90 Å². The van der Waals surface area contributed by atoms with Crippen LogP contribution < -0.4 is 18.9 Å². The van der Waals surface area contributed by atoms with Crippen LogP contribution in [0.2, 0.25) is 0 Å². The molecule has 0 saturated carbocycles. The summed E-state index contributed by atoms with van der Waals surface area (Å²) in [7, 11) is 2.06. The van der Waals surface area contributed by atoms with Gasteiger partial charge in [0, 0.05) is 18.0 Å². The third-order valence-corrected chi connectivity index (χ3v) is 3.43. The number of carboxylic acids is 1. The molecule has 1 aliphatic rings. The van der Waals surface area contributed by atoms with Crippen LogP contribution in [0.4, 0.5) is 0 Å². The molecule has 1 aromatic rings. The Bertz CT molecular complexity index is 356. The van der Waals surface area contributed by atoms with Crippen molar-refractivity contribution in [3.63, 3.8) is 0 Å². The Kier molecular flexibility index (Phi) is 3.79. The van der Waals surface area contributed by atoms with Gasteiger partial charge in [0.2, 0.25) is 0 Å². The minimum Gasteiger partial charge on any atom is -1.00 e. The Hall–Kier alpha value is -0.273. The molecular formula is C9H12LiNO2S. The Morgan fingerprint density at radius 3 is 3.07 bits per heavy atom. The van der Waals surface area contributed by atoms with Crippen LogP contribution in [0, 0.1) is 0 Å². The zero-order valence-electron chi connectivity index (χ0n) is 9.41. The molecule has 1 aromatic heterocycles. The van der Waals surface area contributed by atoms with E-state index in [-0.39, 0.29) is 20.3 Å². The van der Waals surface area contributed by atoms with Crippen LogP contribution in [0.15, 0.2) is 6.07 Å². The van der Waals surface area contributed by atoms with E-state index in [1.807, 2.05) is 6.07 Å². The number of aromatic carboxylic acids is 1. The molecule has 0 amide bonds. The number of fused-ring (bicyclic) bond motifs is 1. The van der Waals surface area contributed by atoms with E-state index in [0.717, 1.165) is 19.5 Å². The predicted molar refractivity (Wildman–Crippen MR) is 52.4 cm³/mol. The topological polar surface area (TPSA) is 40.5 Å². The van der Waals surface area contributed by atoms with Crippen molar-refractivity contribution >= 4 is 17.3 Å². The predicted octanol–water partition coefficient (Wildman–Crippen LogP) is -1.45. The standard InChI is InChI=1S/C9H11NO2S.Li.H/c1-10-3-2-6-4-7(9(11)12)13-8(6)5-10;;/h4H,2-3,5H2,1H3,(H,11,12);;/q;+1;-1. The van der Waals surface area contributed by atoms with Crippen molar-refractivity contribution in [3.8, 4) is 0 Å². The molecule has 72 valence electrons. The average molecular weight is 205 g/mol. The van der Waals surface area contributed by atoms with Crippen molar-refractivity contribution in [2.45, 2.75) is 13.0 Å². The smallest absolute Gasteiger partial charge is 1.00 e. The first-order chi connectivity index (χ1) is 6.16. The molecule has 0 saturated heterocycles. The number of nitrogens with zero attached hydrogens (tertiary/aromatic N) is 1. The molecule has 1 aliphatic heterocycles. The summed E-state index contributed by atoms with van der Waals surface area (Å²) >= 11 is 1.41. The number of hydrogen-bond acceptors (Lipinski definition) is 3. The minimum absolute atomic E-state index is 0. The molecule has 5 heteroatoms. The van der Waals surface area contributed by atoms with Gasteiger partial charge in [0.05, 0.1) is 0 Å². The second kappa shape index (κ2) is 4.50. The quantitative estimate of drug-likeness (QED) is 0.570. The summed E-state index contributed by atoms with van der Waals surface area (Å²) in [6.45, 7) is 1.93. The summed E-state index contributed by atoms with van der Waals surface area (Å²) in [6, 6.07) is 1.81. The second-order valence-corrected chi connectivity index (χ2v) is 4.49. The van der Waals surface area contributed by atoms with E-state index in [2.05, 4.69) is 11.9 Å². The van der Waals surface area contributed by atoms with Gasteiger partial charge in [-0.25, -0.2) is 4.79 Å². The fraction of sp³-hybridized carbons (Fsp3) is 0.444. The fourth-order valence-corrected chi connectivity index (χ4v) is 2.68. The maximum absolute atomic E-state index is 10.7. The van der Waals surface area contributed by atoms with Crippen LogP contribution in [-0.2, 0) is 13.0 Å². The van der Waals surface area contributed by atoms with E-state index in [1.165, 1.54) is 21.8 Å². The third kappa shape index (κ3) is 2.21. The van der Waals surface area contributed by atoms with Gasteiger partial charge >= 0.3 is 24.8 Å². The molecule has 0 spiro atoms. The normalized spacial score (nSPS) is 15.8. The molecule has 0 aromatic carbocycles. The summed E-state index contributed by atoms with van der Waals surface area (Å²) in [5, 5.41) is 8.80. The van der Waals surface area contributed by atoms with Gasteiger partial charge in [-0.15, -0.1) is 11.3 Å². The third-order valence-electron chi connectivity index (χ3n) is 2.28. The first-order valence-corrected chi connectivity index (χ1v) is 5.02. The number of likely N-dealkylation sites (N-methyl/N-ethyl adjacent to an activating group) is 1. The molecule has 2 heterocycles. The van der Waals surface area contributed by atoms with E-state index < -0.39 is 5.97 Å². The molecule has 0 atom stereocenters. The summed E-state index contributed by atoms with van der Waals surface area (Å²) in [5.41, 5.74) is 1.22. The number of rotatable bonds is 1. The van der Waals surface area contributed by atoms with Gasteiger partial charge < -0.3 is 11.4 Å². The van der Waals surface area contributed by atoms with E-state index in [0.29, 0.717) is 4.88 Å². The van der Waals surface area contributed by atoms with Crippen molar-refractivity contribution in [2.24, 2.45) is 0 Å². The molecule has 0 bridgehead atoms. The molecular weight excluding hydrogens is 193 g/mol. The molecule has 0 unspecified atom stereocenters. The van der Waals surface area contributed by atoms with Crippen LogP contribution in [0.5, 0.6) is 0 Å². The number of thiophene rings is 1. The van der Waals surface area contributed by atoms with Gasteiger partial charge in [-0.05, 0) is 25.1 Å². The maximum Gasteiger partial charge on any atom is 1.00 e. The number of carbonyl (C=O) groups is 1. The van der Waals surface area contributed by atoms with Gasteiger partial charge in [0.15, 0.2) is 0 Å². The van der Waals surface area contributed by atoms with Crippen molar-refractivity contribution < 1.29 is 30.2 Å². The van der Waals surface area contributed by atoms with Crippen LogP contribution in [-0.4, -0.2) is 29.6 Å². The Morgan fingerprint density at radius 2 is 2.43 bits per heavy atom. The van der Waals surface area contributed by atoms with E-state index >= 15 is 0 Å². The van der Waals surface area contributed by atoms with Crippen LogP contribution >= 0.6 is 11.3 Å². The van der Waals surface area contributed by atoms with Gasteiger partial charge in [0.25, 0.3) is 0 Å². The van der Waals surface area contributed by atoms with Gasteiger partial charge in [0.1, 0.15) is 4.88 Å². The zero-order chi connectivity index (χ0) is 9.42. The monoisotopic (exact) mass is 205 g/mol. The largest absolute Gasteiger partial charge is 1.00 e. The minimum atomic E-state index is -0.804. The summed E-state index contributed by atoms with van der Waals surface area (Å²) < 4.78 is 0. The Balaban J connectivity index is 0.000000980. The SMILES string of the molecule is CN1CCc2cc(C(=O)O)sc2C1.[H-].[Li+]. The van der Waals surface area contributed by atoms with Gasteiger partial charge in [-0.1, -0.05) is 0 Å². The van der Waals surface area contributed by atoms with Gasteiger partial charge in [-0.3, -0.25) is 0 Å². The van der Waals surface area contributed by atoms with Gasteiger partial charge in [-0.2, -0.15) is 0 Å². The van der Waals surface area contributed by atoms with Crippen molar-refractivity contribution in [3.05, 3.63) is 21.4 Å². The van der Waals surface area contributed by atoms with Crippen LogP contribution in [0.3, 0.4) is 0 Å². The molecule has 1 N–H and O–H groups in total. The fourth-order valence-electron chi connectivity index (χ4n) is 1.55.